The molecule has 1 spiro atoms. The summed E-state index contributed by atoms with van der Waals surface area (Å²) in [6, 6.07) is -0.237. The number of piperazine rings is 1. The fourth-order valence-electron chi connectivity index (χ4n) is 3.71. The summed E-state index contributed by atoms with van der Waals surface area (Å²) in [5.41, 5.74) is 0.0682. The van der Waals surface area contributed by atoms with Gasteiger partial charge in [-0.3, -0.25) is 9.59 Å². The summed E-state index contributed by atoms with van der Waals surface area (Å²) in [7, 11) is 0. The van der Waals surface area contributed by atoms with Crippen LogP contribution in [0.4, 0.5) is 0 Å². The first-order chi connectivity index (χ1) is 10.9. The van der Waals surface area contributed by atoms with Crippen LogP contribution in [0, 0.1) is 5.41 Å². The first-order valence-corrected chi connectivity index (χ1v) is 8.57. The van der Waals surface area contributed by atoms with Gasteiger partial charge < -0.3 is 25.3 Å². The molecule has 1 aliphatic carbocycles. The van der Waals surface area contributed by atoms with E-state index in [9.17, 15) is 19.8 Å². The minimum atomic E-state index is -0.856. The monoisotopic (exact) mass is 325 g/mol. The third-order valence-electron chi connectivity index (χ3n) is 5.58. The predicted octanol–water partition coefficient (Wildman–Crippen LogP) is -1.07. The molecule has 3 atom stereocenters. The van der Waals surface area contributed by atoms with Gasteiger partial charge in [0.15, 0.2) is 0 Å². The SMILES string of the molecule is C[C@@H]1NCCN(CC(O)CC(=O)N2CCC3(CC3)[C@H](O)C2)C1=O. The summed E-state index contributed by atoms with van der Waals surface area (Å²) in [5.74, 6) is -0.172. The van der Waals surface area contributed by atoms with Gasteiger partial charge in [0, 0.05) is 32.7 Å². The molecule has 0 aromatic carbocycles. The highest BCUT2D eigenvalue weighted by Gasteiger charge is 2.51. The van der Waals surface area contributed by atoms with E-state index in [1.54, 1.807) is 16.7 Å². The van der Waals surface area contributed by atoms with E-state index >= 15 is 0 Å². The third-order valence-corrected chi connectivity index (χ3v) is 5.58. The number of carbonyl (C=O) groups excluding carboxylic acids is 2. The lowest BCUT2D eigenvalue weighted by Crippen LogP contribution is -2.55. The van der Waals surface area contributed by atoms with E-state index in [2.05, 4.69) is 5.32 Å². The zero-order valence-corrected chi connectivity index (χ0v) is 13.7. The van der Waals surface area contributed by atoms with E-state index in [1.807, 2.05) is 0 Å². The molecular formula is C16H27N3O4. The van der Waals surface area contributed by atoms with Crippen LogP contribution in [-0.2, 0) is 9.59 Å². The fourth-order valence-corrected chi connectivity index (χ4v) is 3.71. The van der Waals surface area contributed by atoms with Crippen LogP contribution in [0.15, 0.2) is 0 Å². The van der Waals surface area contributed by atoms with Crippen molar-refractivity contribution < 1.29 is 19.8 Å². The highest BCUT2D eigenvalue weighted by Crippen LogP contribution is 2.53. The predicted molar refractivity (Wildman–Crippen MR) is 83.5 cm³/mol. The van der Waals surface area contributed by atoms with Crippen molar-refractivity contribution in [2.45, 2.75) is 50.9 Å². The maximum atomic E-state index is 12.3. The molecule has 1 saturated carbocycles. The van der Waals surface area contributed by atoms with Gasteiger partial charge in [-0.05, 0) is 31.6 Å². The van der Waals surface area contributed by atoms with Crippen molar-refractivity contribution in [3.63, 3.8) is 0 Å². The molecule has 2 heterocycles. The first-order valence-electron chi connectivity index (χ1n) is 8.57. The zero-order chi connectivity index (χ0) is 16.6. The van der Waals surface area contributed by atoms with Gasteiger partial charge in [0.25, 0.3) is 0 Å². The van der Waals surface area contributed by atoms with Crippen molar-refractivity contribution in [2.75, 3.05) is 32.7 Å². The summed E-state index contributed by atoms with van der Waals surface area (Å²) in [5, 5.41) is 23.4. The lowest BCUT2D eigenvalue weighted by Gasteiger charge is -2.37. The molecule has 0 bridgehead atoms. The molecule has 2 saturated heterocycles. The highest BCUT2D eigenvalue weighted by atomic mass is 16.3. The number of amides is 2. The molecule has 0 aromatic rings. The molecule has 2 amide bonds. The van der Waals surface area contributed by atoms with Gasteiger partial charge in [0.1, 0.15) is 0 Å². The van der Waals surface area contributed by atoms with Gasteiger partial charge in [-0.2, -0.15) is 0 Å². The number of nitrogens with one attached hydrogen (secondary N) is 1. The second-order valence-electron chi connectivity index (χ2n) is 7.29. The van der Waals surface area contributed by atoms with E-state index in [1.165, 1.54) is 0 Å². The number of rotatable bonds is 4. The zero-order valence-electron chi connectivity index (χ0n) is 13.7. The van der Waals surface area contributed by atoms with E-state index in [0.717, 1.165) is 19.3 Å². The average Bonchev–Trinajstić information content (AvgIpc) is 3.28. The number of aliphatic hydroxyl groups is 2. The van der Waals surface area contributed by atoms with Crippen LogP contribution in [0.5, 0.6) is 0 Å². The minimum Gasteiger partial charge on any atom is -0.391 e. The summed E-state index contributed by atoms with van der Waals surface area (Å²) in [6.45, 7) is 4.28. The molecule has 0 radical (unpaired) electrons. The molecule has 3 aliphatic rings. The Bertz CT molecular complexity index is 480. The van der Waals surface area contributed by atoms with Gasteiger partial charge in [-0.25, -0.2) is 0 Å². The van der Waals surface area contributed by atoms with Crippen LogP contribution in [0.25, 0.3) is 0 Å². The van der Waals surface area contributed by atoms with E-state index in [0.29, 0.717) is 26.2 Å². The van der Waals surface area contributed by atoms with Crippen LogP contribution in [0.3, 0.4) is 0 Å². The lowest BCUT2D eigenvalue weighted by atomic mass is 9.90. The van der Waals surface area contributed by atoms with Crippen molar-refractivity contribution >= 4 is 11.8 Å². The number of aliphatic hydroxyl groups excluding tert-OH is 2. The molecule has 3 rings (SSSR count). The molecule has 0 aromatic heterocycles. The molecule has 130 valence electrons. The second kappa shape index (κ2) is 6.37. The Morgan fingerprint density at radius 3 is 2.78 bits per heavy atom. The van der Waals surface area contributed by atoms with Crippen LogP contribution in [-0.4, -0.2) is 82.8 Å². The Morgan fingerprint density at radius 1 is 1.39 bits per heavy atom. The summed E-state index contributed by atoms with van der Waals surface area (Å²) < 4.78 is 0. The Hall–Kier alpha value is -1.18. The van der Waals surface area contributed by atoms with E-state index in [4.69, 9.17) is 0 Å². The summed E-state index contributed by atoms with van der Waals surface area (Å²) >= 11 is 0. The molecule has 23 heavy (non-hydrogen) atoms. The standard InChI is InChI=1S/C16H27N3O4/c1-11-15(23)19(7-5-17-11)9-12(20)8-14(22)18-6-4-16(2-3-16)13(21)10-18/h11-13,17,20-21H,2-10H2,1H3/t11-,12?,13+/m0/s1. The van der Waals surface area contributed by atoms with Gasteiger partial charge in [-0.15, -0.1) is 0 Å². The van der Waals surface area contributed by atoms with Crippen LogP contribution in [0.1, 0.15) is 32.6 Å². The van der Waals surface area contributed by atoms with Gasteiger partial charge >= 0.3 is 0 Å². The van der Waals surface area contributed by atoms with Crippen molar-refractivity contribution in [2.24, 2.45) is 5.41 Å². The topological polar surface area (TPSA) is 93.1 Å². The fraction of sp³-hybridized carbons (Fsp3) is 0.875. The minimum absolute atomic E-state index is 0.00527. The number of nitrogens with zero attached hydrogens (tertiary/aromatic N) is 2. The average molecular weight is 325 g/mol. The Kier molecular flexibility index (Phi) is 4.62. The largest absolute Gasteiger partial charge is 0.391 e. The summed E-state index contributed by atoms with van der Waals surface area (Å²) in [4.78, 5) is 27.6. The first kappa shape index (κ1) is 16.7. The Labute approximate surface area is 136 Å². The molecule has 2 aliphatic heterocycles. The van der Waals surface area contributed by atoms with Crippen molar-refractivity contribution in [1.29, 1.82) is 0 Å². The van der Waals surface area contributed by atoms with Gasteiger partial charge in [0.2, 0.25) is 11.8 Å². The number of carbonyl (C=O) groups is 2. The van der Waals surface area contributed by atoms with Crippen molar-refractivity contribution in [3.05, 3.63) is 0 Å². The number of likely N-dealkylation sites (tertiary alicyclic amines) is 1. The molecule has 7 heteroatoms. The maximum absolute atomic E-state index is 12.3. The number of hydrogen-bond donors (Lipinski definition) is 3. The molecule has 7 nitrogen and oxygen atoms in total. The molecular weight excluding hydrogens is 298 g/mol. The summed E-state index contributed by atoms with van der Waals surface area (Å²) in [6.07, 6.45) is 1.68. The van der Waals surface area contributed by atoms with Crippen LogP contribution in [0.2, 0.25) is 0 Å². The Morgan fingerprint density at radius 2 is 2.13 bits per heavy atom. The number of hydrogen-bond acceptors (Lipinski definition) is 5. The van der Waals surface area contributed by atoms with Crippen LogP contribution < -0.4 is 5.32 Å². The lowest BCUT2D eigenvalue weighted by molar-refractivity contribution is -0.141. The Balaban J connectivity index is 1.46. The molecule has 3 N–H and O–H groups in total. The van der Waals surface area contributed by atoms with Crippen molar-refractivity contribution in [3.8, 4) is 0 Å². The normalized spacial score (nSPS) is 31.3. The molecule has 1 unspecified atom stereocenters. The second-order valence-corrected chi connectivity index (χ2v) is 7.29. The quantitative estimate of drug-likeness (QED) is 0.612. The van der Waals surface area contributed by atoms with Gasteiger partial charge in [-0.1, -0.05) is 0 Å². The van der Waals surface area contributed by atoms with Crippen LogP contribution >= 0.6 is 0 Å². The maximum Gasteiger partial charge on any atom is 0.239 e. The number of piperidine rings is 1. The number of β-amino-alcohol motifs (C(OH)–C–C–N with tert-alkyl or cyclic N) is 2. The highest BCUT2D eigenvalue weighted by molar-refractivity contribution is 5.82. The third kappa shape index (κ3) is 3.51. The van der Waals surface area contributed by atoms with Crippen molar-refractivity contribution in [1.82, 2.24) is 15.1 Å². The smallest absolute Gasteiger partial charge is 0.239 e. The van der Waals surface area contributed by atoms with E-state index in [-0.39, 0.29) is 36.2 Å². The molecule has 3 fully saturated rings. The van der Waals surface area contributed by atoms with E-state index < -0.39 is 12.2 Å². The van der Waals surface area contributed by atoms with Gasteiger partial charge in [0.05, 0.1) is 24.7 Å².